The summed E-state index contributed by atoms with van der Waals surface area (Å²) in [7, 11) is 0. The quantitative estimate of drug-likeness (QED) is 0.372. The van der Waals surface area contributed by atoms with Gasteiger partial charge in [-0.25, -0.2) is 4.39 Å². The fraction of sp³-hybridized carbons (Fsp3) is 0.143. The third-order valence-electron chi connectivity index (χ3n) is 4.53. The van der Waals surface area contributed by atoms with E-state index in [-0.39, 0.29) is 5.88 Å². The van der Waals surface area contributed by atoms with Gasteiger partial charge in [0.25, 0.3) is 0 Å². The largest absolute Gasteiger partial charge is 0.471 e. The van der Waals surface area contributed by atoms with Crippen molar-refractivity contribution in [2.45, 2.75) is 12.1 Å². The number of pyridine rings is 2. The second kappa shape index (κ2) is 7.60. The van der Waals surface area contributed by atoms with Gasteiger partial charge in [0.2, 0.25) is 5.88 Å². The van der Waals surface area contributed by atoms with Gasteiger partial charge in [0.1, 0.15) is 11.5 Å². The minimum atomic E-state index is -5.74. The van der Waals surface area contributed by atoms with E-state index < -0.39 is 24.5 Å². The smallest absolute Gasteiger partial charge is 0.456 e. The van der Waals surface area contributed by atoms with Crippen LogP contribution in [0, 0.1) is 5.82 Å². The number of alkyl halides is 5. The van der Waals surface area contributed by atoms with E-state index in [9.17, 15) is 26.3 Å². The third-order valence-corrected chi connectivity index (χ3v) is 4.53. The second-order valence-electron chi connectivity index (χ2n) is 6.62. The predicted molar refractivity (Wildman–Crippen MR) is 100 cm³/mol. The molecule has 0 aliphatic rings. The van der Waals surface area contributed by atoms with Crippen molar-refractivity contribution in [3.05, 3.63) is 72.8 Å². The first-order valence-corrected chi connectivity index (χ1v) is 8.93. The van der Waals surface area contributed by atoms with Gasteiger partial charge < -0.3 is 4.74 Å². The standard InChI is InChI=1S/C21H13F6N3O/c22-15-6-4-14(5-7-15)19-18(13-8-10-28-11-9-13)16-2-1-3-17(30(16)29-19)31-12-20(23,24)21(25,26)27/h1-11H,12H2. The molecule has 1 aromatic carbocycles. The Hall–Kier alpha value is -3.56. The van der Waals surface area contributed by atoms with Crippen molar-refractivity contribution >= 4 is 5.52 Å². The molecule has 0 bridgehead atoms. The van der Waals surface area contributed by atoms with E-state index >= 15 is 0 Å². The van der Waals surface area contributed by atoms with Crippen LogP contribution in [0.1, 0.15) is 0 Å². The number of ether oxygens (including phenoxy) is 1. The zero-order valence-corrected chi connectivity index (χ0v) is 15.6. The van der Waals surface area contributed by atoms with Crippen molar-refractivity contribution in [1.82, 2.24) is 14.6 Å². The predicted octanol–water partition coefficient (Wildman–Crippen LogP) is 5.78. The number of halogens is 6. The highest BCUT2D eigenvalue weighted by atomic mass is 19.4. The molecule has 0 atom stereocenters. The third kappa shape index (κ3) is 3.92. The summed E-state index contributed by atoms with van der Waals surface area (Å²) >= 11 is 0. The molecule has 0 aliphatic heterocycles. The molecule has 4 rings (SSSR count). The number of benzene rings is 1. The molecule has 4 aromatic rings. The van der Waals surface area contributed by atoms with E-state index in [1.807, 2.05) is 0 Å². The van der Waals surface area contributed by atoms with E-state index in [0.29, 0.717) is 27.9 Å². The molecule has 0 N–H and O–H groups in total. The molecule has 0 aliphatic carbocycles. The van der Waals surface area contributed by atoms with Gasteiger partial charge >= 0.3 is 12.1 Å². The summed E-state index contributed by atoms with van der Waals surface area (Å²) in [4.78, 5) is 3.95. The Morgan fingerprint density at radius 3 is 2.16 bits per heavy atom. The molecule has 10 heteroatoms. The summed E-state index contributed by atoms with van der Waals surface area (Å²) < 4.78 is 83.6. The molecule has 3 aromatic heterocycles. The highest BCUT2D eigenvalue weighted by molar-refractivity contribution is 5.92. The Labute approximate surface area is 171 Å². The highest BCUT2D eigenvalue weighted by Crippen LogP contribution is 2.38. The lowest BCUT2D eigenvalue weighted by atomic mass is 10.0. The van der Waals surface area contributed by atoms with Gasteiger partial charge in [-0.3, -0.25) is 4.98 Å². The molecular formula is C21H13F6N3O. The minimum Gasteiger partial charge on any atom is -0.471 e. The van der Waals surface area contributed by atoms with Gasteiger partial charge in [0, 0.05) is 29.6 Å². The average Bonchev–Trinajstić information content (AvgIpc) is 3.13. The van der Waals surface area contributed by atoms with Crippen molar-refractivity contribution in [2.75, 3.05) is 6.61 Å². The lowest BCUT2D eigenvalue weighted by Gasteiger charge is -2.19. The van der Waals surface area contributed by atoms with Crippen LogP contribution < -0.4 is 4.74 Å². The van der Waals surface area contributed by atoms with Crippen molar-refractivity contribution in [3.8, 4) is 28.3 Å². The van der Waals surface area contributed by atoms with Crippen molar-refractivity contribution in [1.29, 1.82) is 0 Å². The zero-order chi connectivity index (χ0) is 22.2. The maximum absolute atomic E-state index is 13.4. The van der Waals surface area contributed by atoms with Crippen LogP contribution >= 0.6 is 0 Å². The Morgan fingerprint density at radius 1 is 0.839 bits per heavy atom. The molecule has 4 nitrogen and oxygen atoms in total. The summed E-state index contributed by atoms with van der Waals surface area (Å²) in [5.74, 6) is -5.79. The summed E-state index contributed by atoms with van der Waals surface area (Å²) in [6.07, 6.45) is -2.67. The molecule has 0 saturated heterocycles. The van der Waals surface area contributed by atoms with Crippen LogP contribution in [0.15, 0.2) is 67.0 Å². The van der Waals surface area contributed by atoms with Crippen LogP contribution in [0.3, 0.4) is 0 Å². The van der Waals surface area contributed by atoms with Gasteiger partial charge in [-0.05, 0) is 48.0 Å². The Balaban J connectivity index is 1.86. The highest BCUT2D eigenvalue weighted by Gasteiger charge is 2.58. The van der Waals surface area contributed by atoms with Crippen LogP contribution in [0.25, 0.3) is 27.9 Å². The molecule has 0 radical (unpaired) electrons. The minimum absolute atomic E-state index is 0.301. The van der Waals surface area contributed by atoms with Gasteiger partial charge in [-0.2, -0.15) is 31.6 Å². The van der Waals surface area contributed by atoms with Crippen LogP contribution in [0.4, 0.5) is 26.3 Å². The maximum atomic E-state index is 13.4. The summed E-state index contributed by atoms with van der Waals surface area (Å²) in [5.41, 5.74) is 2.51. The molecule has 0 saturated carbocycles. The number of fused-ring (bicyclic) bond motifs is 1. The molecule has 31 heavy (non-hydrogen) atoms. The second-order valence-corrected chi connectivity index (χ2v) is 6.62. The van der Waals surface area contributed by atoms with E-state index in [2.05, 4.69) is 10.1 Å². The lowest BCUT2D eigenvalue weighted by molar-refractivity contribution is -0.290. The van der Waals surface area contributed by atoms with Crippen LogP contribution in [0.5, 0.6) is 5.88 Å². The number of hydrogen-bond acceptors (Lipinski definition) is 3. The van der Waals surface area contributed by atoms with Gasteiger partial charge in [0.15, 0.2) is 6.61 Å². The first kappa shape index (κ1) is 20.7. The fourth-order valence-corrected chi connectivity index (χ4v) is 3.01. The van der Waals surface area contributed by atoms with Crippen molar-refractivity contribution < 1.29 is 31.1 Å². The Bertz CT molecular complexity index is 1200. The van der Waals surface area contributed by atoms with Crippen molar-refractivity contribution in [2.24, 2.45) is 0 Å². The normalized spacial score (nSPS) is 12.3. The van der Waals surface area contributed by atoms with E-state index in [1.165, 1.54) is 48.8 Å². The SMILES string of the molecule is Fc1ccc(-c2nn3c(OCC(F)(F)C(F)(F)F)cccc3c2-c2ccncc2)cc1. The number of aromatic nitrogens is 3. The monoisotopic (exact) mass is 437 g/mol. The van der Waals surface area contributed by atoms with Crippen LogP contribution in [0.2, 0.25) is 0 Å². The summed E-state index contributed by atoms with van der Waals surface area (Å²) in [6, 6.07) is 13.1. The van der Waals surface area contributed by atoms with Gasteiger partial charge in [0.05, 0.1) is 5.52 Å². The van der Waals surface area contributed by atoms with E-state index in [4.69, 9.17) is 4.74 Å². The van der Waals surface area contributed by atoms with E-state index in [1.54, 1.807) is 18.2 Å². The van der Waals surface area contributed by atoms with E-state index in [0.717, 1.165) is 4.52 Å². The van der Waals surface area contributed by atoms with Crippen LogP contribution in [-0.4, -0.2) is 33.3 Å². The number of nitrogens with zero attached hydrogens (tertiary/aromatic N) is 3. The number of hydrogen-bond donors (Lipinski definition) is 0. The number of rotatable bonds is 5. The average molecular weight is 437 g/mol. The van der Waals surface area contributed by atoms with Crippen molar-refractivity contribution in [3.63, 3.8) is 0 Å². The van der Waals surface area contributed by atoms with Gasteiger partial charge in [-0.15, -0.1) is 0 Å². The Kier molecular flexibility index (Phi) is 5.08. The summed E-state index contributed by atoms with van der Waals surface area (Å²) in [6.45, 7) is -1.90. The Morgan fingerprint density at radius 2 is 1.52 bits per heavy atom. The molecule has 0 unspecified atom stereocenters. The van der Waals surface area contributed by atoms with Gasteiger partial charge in [-0.1, -0.05) is 6.07 Å². The topological polar surface area (TPSA) is 39.4 Å². The van der Waals surface area contributed by atoms with Crippen LogP contribution in [-0.2, 0) is 0 Å². The zero-order valence-electron chi connectivity index (χ0n) is 15.6. The molecule has 0 fully saturated rings. The fourth-order valence-electron chi connectivity index (χ4n) is 3.01. The molecule has 3 heterocycles. The summed E-state index contributed by atoms with van der Waals surface area (Å²) in [5, 5.41) is 4.37. The first-order chi connectivity index (χ1) is 14.7. The lowest BCUT2D eigenvalue weighted by Crippen LogP contribution is -2.42. The molecule has 0 amide bonds. The maximum Gasteiger partial charge on any atom is 0.456 e. The first-order valence-electron chi connectivity index (χ1n) is 8.93. The molecule has 0 spiro atoms. The molecular weight excluding hydrogens is 424 g/mol. The molecule has 160 valence electrons.